The molecule has 0 unspecified atom stereocenters. The van der Waals surface area contributed by atoms with Gasteiger partial charge in [-0.1, -0.05) is 60.0 Å². The first-order valence-electron chi connectivity index (χ1n) is 10.6. The van der Waals surface area contributed by atoms with Crippen LogP contribution in [0.25, 0.3) is 11.7 Å². The Labute approximate surface area is 205 Å². The molecule has 0 saturated carbocycles. The zero-order valence-corrected chi connectivity index (χ0v) is 20.3. The number of amides is 1. The van der Waals surface area contributed by atoms with Gasteiger partial charge in [-0.15, -0.1) is 0 Å². The number of carbonyl (C=O) groups excluding carboxylic acids is 1. The van der Waals surface area contributed by atoms with Crippen LogP contribution < -0.4 is 5.56 Å². The van der Waals surface area contributed by atoms with Crippen molar-refractivity contribution in [3.05, 3.63) is 75.0 Å². The van der Waals surface area contributed by atoms with Gasteiger partial charge < -0.3 is 4.74 Å². The first-order chi connectivity index (χ1) is 16.0. The quantitative estimate of drug-likeness (QED) is 0.293. The molecule has 1 amide bonds. The predicted molar refractivity (Wildman–Crippen MR) is 136 cm³/mol. The van der Waals surface area contributed by atoms with E-state index in [0.29, 0.717) is 38.6 Å². The number of rotatable bonds is 5. The molecule has 2 fully saturated rings. The standard InChI is InChI=1S/C24H21N3O3S3/c1-15-9-10-20-25-21(32-17-7-3-2-4-8-17)18(22(28)26(20)13-15)12-19-23(29)27(24(31)33-19)14-16-6-5-11-30-16/h2-4,7-10,12-13,16H,5-6,11,14H2,1H3/b19-12-/t16-/m0/s1. The highest BCUT2D eigenvalue weighted by atomic mass is 32.2. The normalized spacial score (nSPS) is 19.8. The maximum Gasteiger partial charge on any atom is 0.266 e. The first kappa shape index (κ1) is 22.3. The minimum absolute atomic E-state index is 0.00647. The van der Waals surface area contributed by atoms with Gasteiger partial charge in [-0.3, -0.25) is 18.9 Å². The average Bonchev–Trinajstić information content (AvgIpc) is 3.42. The summed E-state index contributed by atoms with van der Waals surface area (Å²) in [5.41, 5.74) is 1.67. The summed E-state index contributed by atoms with van der Waals surface area (Å²) in [6.07, 6.45) is 5.33. The van der Waals surface area contributed by atoms with Gasteiger partial charge in [0.1, 0.15) is 15.0 Å². The Morgan fingerprint density at radius 2 is 2.06 bits per heavy atom. The molecule has 0 spiro atoms. The second-order valence-electron chi connectivity index (χ2n) is 7.91. The van der Waals surface area contributed by atoms with Crippen molar-refractivity contribution < 1.29 is 9.53 Å². The molecule has 2 aromatic heterocycles. The van der Waals surface area contributed by atoms with E-state index < -0.39 is 0 Å². The molecule has 3 aromatic rings. The van der Waals surface area contributed by atoms with Crippen molar-refractivity contribution in [2.45, 2.75) is 35.8 Å². The van der Waals surface area contributed by atoms with E-state index in [4.69, 9.17) is 21.9 Å². The summed E-state index contributed by atoms with van der Waals surface area (Å²) in [5.74, 6) is -0.190. The molecule has 2 saturated heterocycles. The fraction of sp³-hybridized carbons (Fsp3) is 0.250. The third-order valence-corrected chi connectivity index (χ3v) is 7.88. The van der Waals surface area contributed by atoms with Crippen molar-refractivity contribution in [1.82, 2.24) is 14.3 Å². The highest BCUT2D eigenvalue weighted by Gasteiger charge is 2.35. The average molecular weight is 496 g/mol. The van der Waals surface area contributed by atoms with Crippen LogP contribution in [0, 0.1) is 6.92 Å². The summed E-state index contributed by atoms with van der Waals surface area (Å²) in [7, 11) is 0. The Morgan fingerprint density at radius 3 is 2.82 bits per heavy atom. The molecule has 0 radical (unpaired) electrons. The highest BCUT2D eigenvalue weighted by molar-refractivity contribution is 8.26. The summed E-state index contributed by atoms with van der Waals surface area (Å²) in [6.45, 7) is 3.09. The number of hydrogen-bond donors (Lipinski definition) is 0. The summed E-state index contributed by atoms with van der Waals surface area (Å²) in [5, 5.41) is 0.555. The molecule has 5 rings (SSSR count). The van der Waals surface area contributed by atoms with Gasteiger partial charge in [0, 0.05) is 17.7 Å². The van der Waals surface area contributed by atoms with E-state index in [1.165, 1.54) is 27.9 Å². The largest absolute Gasteiger partial charge is 0.376 e. The Kier molecular flexibility index (Phi) is 6.38. The molecule has 0 aliphatic carbocycles. The van der Waals surface area contributed by atoms with E-state index in [0.717, 1.165) is 23.3 Å². The van der Waals surface area contributed by atoms with Crippen LogP contribution in [-0.4, -0.2) is 43.8 Å². The summed E-state index contributed by atoms with van der Waals surface area (Å²) in [6, 6.07) is 13.5. The van der Waals surface area contributed by atoms with Crippen LogP contribution in [0.2, 0.25) is 0 Å². The van der Waals surface area contributed by atoms with Crippen molar-refractivity contribution in [3.8, 4) is 0 Å². The number of benzene rings is 1. The van der Waals surface area contributed by atoms with E-state index in [2.05, 4.69) is 0 Å². The molecule has 0 bridgehead atoms. The highest BCUT2D eigenvalue weighted by Crippen LogP contribution is 2.35. The fourth-order valence-corrected chi connectivity index (χ4v) is 5.99. The molecule has 9 heteroatoms. The molecular formula is C24H21N3O3S3. The number of fused-ring (bicyclic) bond motifs is 1. The van der Waals surface area contributed by atoms with E-state index in [1.807, 2.05) is 49.4 Å². The van der Waals surface area contributed by atoms with Crippen LogP contribution in [-0.2, 0) is 9.53 Å². The third kappa shape index (κ3) is 4.63. The second-order valence-corrected chi connectivity index (χ2v) is 10.7. The number of carbonyl (C=O) groups is 1. The van der Waals surface area contributed by atoms with Crippen LogP contribution >= 0.6 is 35.7 Å². The van der Waals surface area contributed by atoms with Crippen LogP contribution in [0.15, 0.2) is 68.3 Å². The number of aryl methyl sites for hydroxylation is 1. The van der Waals surface area contributed by atoms with Gasteiger partial charge in [-0.25, -0.2) is 4.98 Å². The van der Waals surface area contributed by atoms with Crippen LogP contribution in [0.4, 0.5) is 0 Å². The van der Waals surface area contributed by atoms with Gasteiger partial charge in [0.15, 0.2) is 0 Å². The third-order valence-electron chi connectivity index (χ3n) is 5.49. The number of pyridine rings is 1. The number of ether oxygens (including phenoxy) is 1. The van der Waals surface area contributed by atoms with Crippen LogP contribution in [0.5, 0.6) is 0 Å². The number of nitrogens with zero attached hydrogens (tertiary/aromatic N) is 3. The lowest BCUT2D eigenvalue weighted by Gasteiger charge is -2.18. The fourth-order valence-electron chi connectivity index (χ4n) is 3.82. The minimum Gasteiger partial charge on any atom is -0.376 e. The van der Waals surface area contributed by atoms with Gasteiger partial charge in [0.05, 0.1) is 23.1 Å². The summed E-state index contributed by atoms with van der Waals surface area (Å²) >= 11 is 8.10. The number of thioether (sulfide) groups is 1. The zero-order chi connectivity index (χ0) is 22.9. The molecule has 1 aromatic carbocycles. The second kappa shape index (κ2) is 9.42. The van der Waals surface area contributed by atoms with Gasteiger partial charge in [-0.2, -0.15) is 0 Å². The lowest BCUT2D eigenvalue weighted by Crippen LogP contribution is -2.35. The Morgan fingerprint density at radius 1 is 1.24 bits per heavy atom. The van der Waals surface area contributed by atoms with Crippen molar-refractivity contribution in [2.24, 2.45) is 0 Å². The number of thiocarbonyl (C=S) groups is 1. The lowest BCUT2D eigenvalue weighted by molar-refractivity contribution is -0.123. The minimum atomic E-state index is -0.216. The molecule has 2 aliphatic heterocycles. The first-order valence-corrected chi connectivity index (χ1v) is 12.7. The van der Waals surface area contributed by atoms with Gasteiger partial charge >= 0.3 is 0 Å². The molecule has 2 aliphatic rings. The smallest absolute Gasteiger partial charge is 0.266 e. The monoisotopic (exact) mass is 495 g/mol. The molecule has 6 nitrogen and oxygen atoms in total. The molecule has 1 atom stereocenters. The van der Waals surface area contributed by atoms with E-state index in [-0.39, 0.29) is 17.6 Å². The molecule has 33 heavy (non-hydrogen) atoms. The Balaban J connectivity index is 1.57. The van der Waals surface area contributed by atoms with E-state index in [1.54, 1.807) is 17.2 Å². The van der Waals surface area contributed by atoms with Crippen molar-refractivity contribution in [3.63, 3.8) is 0 Å². The lowest BCUT2D eigenvalue weighted by atomic mass is 10.2. The SMILES string of the molecule is Cc1ccc2nc(Sc3ccccc3)c(/C=C3\SC(=S)N(C[C@@H]4CCCO4)C3=O)c(=O)n2c1. The maximum atomic E-state index is 13.5. The topological polar surface area (TPSA) is 63.9 Å². The number of aromatic nitrogens is 2. The summed E-state index contributed by atoms with van der Waals surface area (Å²) < 4.78 is 7.70. The molecule has 168 valence electrons. The van der Waals surface area contributed by atoms with Gasteiger partial charge in [-0.05, 0) is 49.6 Å². The van der Waals surface area contributed by atoms with Crippen LogP contribution in [0.1, 0.15) is 24.0 Å². The molecule has 4 heterocycles. The predicted octanol–water partition coefficient (Wildman–Crippen LogP) is 4.53. The Bertz CT molecular complexity index is 1330. The van der Waals surface area contributed by atoms with Crippen molar-refractivity contribution >= 4 is 57.7 Å². The van der Waals surface area contributed by atoms with Crippen molar-refractivity contribution in [2.75, 3.05) is 13.2 Å². The van der Waals surface area contributed by atoms with Gasteiger partial charge in [0.2, 0.25) is 0 Å². The van der Waals surface area contributed by atoms with Crippen molar-refractivity contribution in [1.29, 1.82) is 0 Å². The van der Waals surface area contributed by atoms with Crippen LogP contribution in [0.3, 0.4) is 0 Å². The number of hydrogen-bond acceptors (Lipinski definition) is 7. The Hall–Kier alpha value is -2.46. The van der Waals surface area contributed by atoms with Gasteiger partial charge in [0.25, 0.3) is 11.5 Å². The molecule has 0 N–H and O–H groups in total. The summed E-state index contributed by atoms with van der Waals surface area (Å²) in [4.78, 5) is 34.4. The van der Waals surface area contributed by atoms with E-state index >= 15 is 0 Å². The maximum absolute atomic E-state index is 13.5. The van der Waals surface area contributed by atoms with E-state index in [9.17, 15) is 9.59 Å². The zero-order valence-electron chi connectivity index (χ0n) is 17.9. The molecular weight excluding hydrogens is 474 g/mol.